The van der Waals surface area contributed by atoms with Crippen LogP contribution in [0.3, 0.4) is 0 Å². The molecule has 1 aliphatic heterocycles. The van der Waals surface area contributed by atoms with E-state index in [-0.39, 0.29) is 0 Å². The molecule has 0 atom stereocenters. The molecule has 0 saturated heterocycles. The van der Waals surface area contributed by atoms with Crippen LogP contribution in [0, 0.1) is 0 Å². The summed E-state index contributed by atoms with van der Waals surface area (Å²) >= 11 is 0. The second-order valence-electron chi connectivity index (χ2n) is 6.46. The van der Waals surface area contributed by atoms with Crippen molar-refractivity contribution in [1.29, 1.82) is 0 Å². The molecule has 0 amide bonds. The van der Waals surface area contributed by atoms with Gasteiger partial charge in [0.15, 0.2) is 17.5 Å². The maximum absolute atomic E-state index is 6.02. The number of nitrogens with zero attached hydrogens (tertiary/aromatic N) is 1. The smallest absolute Gasteiger partial charge is 0.193 e. The molecule has 3 N–H and O–H groups in total. The standard InChI is InChI=1S/C20H23N3O2/c21-20(23-17-6-5-15-2-1-3-16(15)13-17)22-9-8-14-4-7-18-19(12-14)25-11-10-24-18/h4-7,12-13H,1-3,8-11H2,(H3,21,22,23). The van der Waals surface area contributed by atoms with E-state index in [2.05, 4.69) is 28.5 Å². The van der Waals surface area contributed by atoms with Crippen molar-refractivity contribution in [3.63, 3.8) is 0 Å². The molecule has 25 heavy (non-hydrogen) atoms. The number of anilines is 1. The molecule has 130 valence electrons. The zero-order chi connectivity index (χ0) is 17.1. The van der Waals surface area contributed by atoms with E-state index in [1.165, 1.54) is 29.5 Å². The first kappa shape index (κ1) is 15.8. The normalized spacial score (nSPS) is 15.8. The average molecular weight is 337 g/mol. The number of ether oxygens (including phenoxy) is 2. The highest BCUT2D eigenvalue weighted by molar-refractivity contribution is 5.92. The Morgan fingerprint density at radius 1 is 1.00 bits per heavy atom. The lowest BCUT2D eigenvalue weighted by Crippen LogP contribution is -2.23. The summed E-state index contributed by atoms with van der Waals surface area (Å²) in [6.45, 7) is 1.84. The largest absolute Gasteiger partial charge is 0.486 e. The molecule has 0 fully saturated rings. The lowest BCUT2D eigenvalue weighted by molar-refractivity contribution is 0.171. The van der Waals surface area contributed by atoms with Crippen LogP contribution >= 0.6 is 0 Å². The minimum atomic E-state index is 0.454. The summed E-state index contributed by atoms with van der Waals surface area (Å²) in [5, 5.41) is 3.19. The molecule has 5 nitrogen and oxygen atoms in total. The van der Waals surface area contributed by atoms with Gasteiger partial charge in [0.05, 0.1) is 0 Å². The van der Waals surface area contributed by atoms with Crippen LogP contribution in [0.2, 0.25) is 0 Å². The third-order valence-electron chi connectivity index (χ3n) is 4.66. The first-order valence-corrected chi connectivity index (χ1v) is 8.85. The van der Waals surface area contributed by atoms with E-state index in [1.54, 1.807) is 0 Å². The second-order valence-corrected chi connectivity index (χ2v) is 6.46. The Balaban J connectivity index is 1.34. The molecule has 1 aliphatic carbocycles. The van der Waals surface area contributed by atoms with Gasteiger partial charge in [-0.15, -0.1) is 0 Å². The number of aryl methyl sites for hydroxylation is 2. The SMILES string of the molecule is NC(=NCCc1ccc2c(c1)OCCO2)Nc1ccc2c(c1)CCC2. The first-order valence-electron chi connectivity index (χ1n) is 8.85. The number of benzene rings is 2. The van der Waals surface area contributed by atoms with Gasteiger partial charge in [-0.25, -0.2) is 0 Å². The number of fused-ring (bicyclic) bond motifs is 2. The van der Waals surface area contributed by atoms with Gasteiger partial charge in [-0.1, -0.05) is 12.1 Å². The number of nitrogens with one attached hydrogen (secondary N) is 1. The van der Waals surface area contributed by atoms with E-state index in [0.29, 0.717) is 25.7 Å². The van der Waals surface area contributed by atoms with Crippen LogP contribution in [0.25, 0.3) is 0 Å². The van der Waals surface area contributed by atoms with E-state index in [1.807, 2.05) is 18.2 Å². The monoisotopic (exact) mass is 337 g/mol. The molecule has 0 unspecified atom stereocenters. The summed E-state index contributed by atoms with van der Waals surface area (Å²) in [6, 6.07) is 12.5. The van der Waals surface area contributed by atoms with Crippen molar-refractivity contribution in [1.82, 2.24) is 0 Å². The molecule has 0 saturated carbocycles. The molecular formula is C20H23N3O2. The molecule has 0 bridgehead atoms. The minimum Gasteiger partial charge on any atom is -0.486 e. The number of hydrogen-bond acceptors (Lipinski definition) is 3. The van der Waals surface area contributed by atoms with Gasteiger partial charge >= 0.3 is 0 Å². The molecule has 2 aromatic rings. The predicted octanol–water partition coefficient (Wildman–Crippen LogP) is 2.92. The van der Waals surface area contributed by atoms with Crippen molar-refractivity contribution >= 4 is 11.6 Å². The molecule has 4 rings (SSSR count). The predicted molar refractivity (Wildman–Crippen MR) is 99.7 cm³/mol. The summed E-state index contributed by atoms with van der Waals surface area (Å²) in [7, 11) is 0. The van der Waals surface area contributed by atoms with Crippen LogP contribution < -0.4 is 20.5 Å². The van der Waals surface area contributed by atoms with Crippen molar-refractivity contribution in [2.75, 3.05) is 25.1 Å². The Kier molecular flexibility index (Phi) is 4.46. The zero-order valence-corrected chi connectivity index (χ0v) is 14.3. The Hall–Kier alpha value is -2.69. The minimum absolute atomic E-state index is 0.454. The van der Waals surface area contributed by atoms with Crippen LogP contribution in [0.1, 0.15) is 23.1 Å². The fourth-order valence-corrected chi connectivity index (χ4v) is 3.39. The number of aliphatic imine (C=N–C) groups is 1. The number of rotatable bonds is 4. The molecule has 1 heterocycles. The molecule has 5 heteroatoms. The number of hydrogen-bond donors (Lipinski definition) is 2. The fraction of sp³-hybridized carbons (Fsp3) is 0.350. The lowest BCUT2D eigenvalue weighted by Gasteiger charge is -2.18. The van der Waals surface area contributed by atoms with Crippen molar-refractivity contribution in [2.45, 2.75) is 25.7 Å². The summed E-state index contributed by atoms with van der Waals surface area (Å²) < 4.78 is 11.1. The van der Waals surface area contributed by atoms with Crippen LogP contribution in [0.5, 0.6) is 11.5 Å². The van der Waals surface area contributed by atoms with Gasteiger partial charge < -0.3 is 20.5 Å². The Bertz CT molecular complexity index is 802. The Morgan fingerprint density at radius 3 is 2.76 bits per heavy atom. The molecular weight excluding hydrogens is 314 g/mol. The van der Waals surface area contributed by atoms with Gasteiger partial charge in [-0.3, -0.25) is 4.99 Å². The van der Waals surface area contributed by atoms with Crippen LogP contribution in [-0.4, -0.2) is 25.7 Å². The van der Waals surface area contributed by atoms with E-state index < -0.39 is 0 Å². The highest BCUT2D eigenvalue weighted by Crippen LogP contribution is 2.30. The number of nitrogens with two attached hydrogens (primary N) is 1. The zero-order valence-electron chi connectivity index (χ0n) is 14.3. The third-order valence-corrected chi connectivity index (χ3v) is 4.66. The van der Waals surface area contributed by atoms with Gasteiger partial charge in [0.2, 0.25) is 0 Å². The fourth-order valence-electron chi connectivity index (χ4n) is 3.39. The topological polar surface area (TPSA) is 68.9 Å². The van der Waals surface area contributed by atoms with E-state index in [9.17, 15) is 0 Å². The summed E-state index contributed by atoms with van der Waals surface area (Å²) in [6.07, 6.45) is 4.40. The van der Waals surface area contributed by atoms with Gasteiger partial charge in [0.1, 0.15) is 13.2 Å². The average Bonchev–Trinajstić information content (AvgIpc) is 3.09. The lowest BCUT2D eigenvalue weighted by atomic mass is 10.1. The van der Waals surface area contributed by atoms with Crippen LogP contribution in [0.4, 0.5) is 5.69 Å². The highest BCUT2D eigenvalue weighted by Gasteiger charge is 2.12. The molecule has 0 spiro atoms. The Labute approximate surface area is 147 Å². The van der Waals surface area contributed by atoms with Crippen molar-refractivity contribution in [3.05, 3.63) is 53.1 Å². The van der Waals surface area contributed by atoms with E-state index in [0.717, 1.165) is 30.0 Å². The highest BCUT2D eigenvalue weighted by atomic mass is 16.6. The van der Waals surface area contributed by atoms with E-state index >= 15 is 0 Å². The molecule has 0 radical (unpaired) electrons. The molecule has 2 aliphatic rings. The second kappa shape index (κ2) is 7.05. The molecule has 0 aromatic heterocycles. The van der Waals surface area contributed by atoms with E-state index in [4.69, 9.17) is 15.2 Å². The van der Waals surface area contributed by atoms with Crippen molar-refractivity contribution < 1.29 is 9.47 Å². The van der Waals surface area contributed by atoms with Crippen molar-refractivity contribution in [2.24, 2.45) is 10.7 Å². The first-order chi connectivity index (χ1) is 12.3. The van der Waals surface area contributed by atoms with Gasteiger partial charge in [0, 0.05) is 12.2 Å². The van der Waals surface area contributed by atoms with Gasteiger partial charge in [-0.2, -0.15) is 0 Å². The van der Waals surface area contributed by atoms with Crippen molar-refractivity contribution in [3.8, 4) is 11.5 Å². The maximum Gasteiger partial charge on any atom is 0.193 e. The summed E-state index contributed by atoms with van der Waals surface area (Å²) in [5.41, 5.74) is 11.1. The third kappa shape index (κ3) is 3.71. The Morgan fingerprint density at radius 2 is 1.84 bits per heavy atom. The maximum atomic E-state index is 6.02. The van der Waals surface area contributed by atoms with Crippen LogP contribution in [0.15, 0.2) is 41.4 Å². The quantitative estimate of drug-likeness (QED) is 0.665. The summed E-state index contributed by atoms with van der Waals surface area (Å²) in [5.74, 6) is 2.09. The molecule has 2 aromatic carbocycles. The van der Waals surface area contributed by atoms with Gasteiger partial charge in [0.25, 0.3) is 0 Å². The van der Waals surface area contributed by atoms with Crippen LogP contribution in [-0.2, 0) is 19.3 Å². The summed E-state index contributed by atoms with van der Waals surface area (Å²) in [4.78, 5) is 4.43. The number of guanidine groups is 1. The van der Waals surface area contributed by atoms with Gasteiger partial charge in [-0.05, 0) is 66.6 Å².